The zero-order valence-electron chi connectivity index (χ0n) is 10.7. The summed E-state index contributed by atoms with van der Waals surface area (Å²) in [5.74, 6) is 0.270. The Morgan fingerprint density at radius 2 is 2.25 bits per heavy atom. The van der Waals surface area contributed by atoms with Crippen molar-refractivity contribution >= 4 is 28.0 Å². The topological polar surface area (TPSA) is 89.5 Å². The van der Waals surface area contributed by atoms with Gasteiger partial charge in [-0.05, 0) is 13.8 Å². The molecule has 3 rings (SSSR count). The van der Waals surface area contributed by atoms with E-state index in [1.807, 2.05) is 6.92 Å². The molecule has 0 unspecified atom stereocenters. The van der Waals surface area contributed by atoms with E-state index in [4.69, 9.17) is 4.52 Å². The number of anilines is 1. The predicted molar refractivity (Wildman–Crippen MR) is 73.3 cm³/mol. The number of hydrogen-bond donors (Lipinski definition) is 1. The van der Waals surface area contributed by atoms with Crippen LogP contribution in [0.4, 0.5) is 5.82 Å². The summed E-state index contributed by atoms with van der Waals surface area (Å²) in [7, 11) is 0. The van der Waals surface area contributed by atoms with Gasteiger partial charge in [-0.25, -0.2) is 4.98 Å². The third kappa shape index (κ3) is 2.10. The minimum Gasteiger partial charge on any atom is -0.360 e. The molecule has 1 N–H and O–H groups in total. The molecular formula is C12H10N4O3S. The summed E-state index contributed by atoms with van der Waals surface area (Å²) < 4.78 is 6.21. The van der Waals surface area contributed by atoms with Crippen LogP contribution < -0.4 is 10.9 Å². The van der Waals surface area contributed by atoms with E-state index in [1.165, 1.54) is 21.9 Å². The number of fused-ring (bicyclic) bond motifs is 1. The number of carbonyl (C=O) groups is 1. The van der Waals surface area contributed by atoms with Crippen LogP contribution in [0.25, 0.3) is 4.96 Å². The lowest BCUT2D eigenvalue weighted by molar-refractivity contribution is 0.102. The van der Waals surface area contributed by atoms with Gasteiger partial charge in [0.15, 0.2) is 10.8 Å². The van der Waals surface area contributed by atoms with Gasteiger partial charge in [0, 0.05) is 23.3 Å². The van der Waals surface area contributed by atoms with Crippen molar-refractivity contribution < 1.29 is 9.32 Å². The molecule has 0 aliphatic heterocycles. The van der Waals surface area contributed by atoms with Gasteiger partial charge in [-0.15, -0.1) is 11.3 Å². The molecule has 0 aliphatic rings. The van der Waals surface area contributed by atoms with E-state index in [9.17, 15) is 9.59 Å². The van der Waals surface area contributed by atoms with Gasteiger partial charge in [0.2, 0.25) is 0 Å². The Kier molecular flexibility index (Phi) is 2.87. The Morgan fingerprint density at radius 1 is 1.45 bits per heavy atom. The Bertz CT molecular complexity index is 861. The quantitative estimate of drug-likeness (QED) is 0.774. The first-order chi connectivity index (χ1) is 9.54. The van der Waals surface area contributed by atoms with Crippen LogP contribution in [0.5, 0.6) is 0 Å². The van der Waals surface area contributed by atoms with E-state index in [0.717, 1.165) is 4.88 Å². The third-order valence-corrected chi connectivity index (χ3v) is 3.55. The molecule has 3 aromatic heterocycles. The van der Waals surface area contributed by atoms with Crippen molar-refractivity contribution in [2.45, 2.75) is 13.8 Å². The lowest BCUT2D eigenvalue weighted by Crippen LogP contribution is -2.25. The molecule has 8 heteroatoms. The average Bonchev–Trinajstić information content (AvgIpc) is 2.95. The average molecular weight is 290 g/mol. The second kappa shape index (κ2) is 4.57. The summed E-state index contributed by atoms with van der Waals surface area (Å²) in [5.41, 5.74) is -0.446. The van der Waals surface area contributed by atoms with E-state index in [0.29, 0.717) is 10.7 Å². The van der Waals surface area contributed by atoms with Gasteiger partial charge in [0.05, 0.1) is 0 Å². The Hall–Kier alpha value is -2.48. The van der Waals surface area contributed by atoms with Gasteiger partial charge in [-0.1, -0.05) is 5.16 Å². The van der Waals surface area contributed by atoms with Crippen LogP contribution >= 0.6 is 11.3 Å². The number of nitrogens with one attached hydrogen (secondary N) is 1. The van der Waals surface area contributed by atoms with Gasteiger partial charge in [0.25, 0.3) is 11.5 Å². The second-order valence-electron chi connectivity index (χ2n) is 4.25. The van der Waals surface area contributed by atoms with E-state index < -0.39 is 11.5 Å². The van der Waals surface area contributed by atoms with E-state index in [2.05, 4.69) is 15.5 Å². The van der Waals surface area contributed by atoms with Gasteiger partial charge < -0.3 is 9.84 Å². The molecule has 7 nitrogen and oxygen atoms in total. The number of carbonyl (C=O) groups excluding carboxylic acids is 1. The van der Waals surface area contributed by atoms with Crippen LogP contribution in [0.1, 0.15) is 21.0 Å². The zero-order chi connectivity index (χ0) is 14.3. The van der Waals surface area contributed by atoms with Gasteiger partial charge in [-0.2, -0.15) is 0 Å². The normalized spacial score (nSPS) is 10.9. The molecule has 3 heterocycles. The molecule has 1 amide bonds. The highest BCUT2D eigenvalue weighted by molar-refractivity contribution is 7.16. The van der Waals surface area contributed by atoms with E-state index in [-0.39, 0.29) is 11.4 Å². The maximum atomic E-state index is 12.2. The first-order valence-corrected chi connectivity index (χ1v) is 6.59. The van der Waals surface area contributed by atoms with E-state index in [1.54, 1.807) is 19.2 Å². The van der Waals surface area contributed by atoms with Crippen LogP contribution in [-0.4, -0.2) is 20.4 Å². The van der Waals surface area contributed by atoms with Crippen molar-refractivity contribution in [1.82, 2.24) is 14.5 Å². The fourth-order valence-electron chi connectivity index (χ4n) is 1.76. The maximum absolute atomic E-state index is 12.2. The molecule has 0 spiro atoms. The first kappa shape index (κ1) is 12.5. The monoisotopic (exact) mass is 290 g/mol. The summed E-state index contributed by atoms with van der Waals surface area (Å²) in [6, 6.07) is 1.57. The molecule has 0 aliphatic carbocycles. The molecule has 0 bridgehead atoms. The van der Waals surface area contributed by atoms with Crippen molar-refractivity contribution in [3.05, 3.63) is 45.0 Å². The highest BCUT2D eigenvalue weighted by Gasteiger charge is 2.15. The number of thiazole rings is 1. The fourth-order valence-corrected chi connectivity index (χ4v) is 2.55. The molecule has 0 atom stereocenters. The molecular weight excluding hydrogens is 280 g/mol. The third-order valence-electron chi connectivity index (χ3n) is 2.64. The van der Waals surface area contributed by atoms with Gasteiger partial charge in [0.1, 0.15) is 11.3 Å². The van der Waals surface area contributed by atoms with Crippen LogP contribution in [0, 0.1) is 13.8 Å². The lowest BCUT2D eigenvalue weighted by Gasteiger charge is -2.00. The van der Waals surface area contributed by atoms with E-state index >= 15 is 0 Å². The molecule has 20 heavy (non-hydrogen) atoms. The summed E-state index contributed by atoms with van der Waals surface area (Å²) >= 11 is 1.39. The summed E-state index contributed by atoms with van der Waals surface area (Å²) in [6.07, 6.45) is 2.93. The summed E-state index contributed by atoms with van der Waals surface area (Å²) in [4.78, 5) is 29.9. The first-order valence-electron chi connectivity index (χ1n) is 5.77. The molecule has 3 aromatic rings. The van der Waals surface area contributed by atoms with Crippen LogP contribution in [0.2, 0.25) is 0 Å². The van der Waals surface area contributed by atoms with Crippen molar-refractivity contribution in [2.24, 2.45) is 0 Å². The van der Waals surface area contributed by atoms with Crippen molar-refractivity contribution in [1.29, 1.82) is 0 Å². The molecule has 0 saturated heterocycles. The fraction of sp³-hybridized carbons (Fsp3) is 0.167. The summed E-state index contributed by atoms with van der Waals surface area (Å²) in [5, 5.41) is 6.14. The van der Waals surface area contributed by atoms with Crippen LogP contribution in [0.3, 0.4) is 0 Å². The second-order valence-corrected chi connectivity index (χ2v) is 5.46. The number of aromatic nitrogens is 3. The predicted octanol–water partition coefficient (Wildman–Crippen LogP) is 1.61. The molecule has 102 valence electrons. The van der Waals surface area contributed by atoms with Crippen LogP contribution in [0.15, 0.2) is 27.8 Å². The number of aryl methyl sites for hydroxylation is 2. The highest BCUT2D eigenvalue weighted by atomic mass is 32.1. The largest absolute Gasteiger partial charge is 0.360 e. The maximum Gasteiger partial charge on any atom is 0.271 e. The lowest BCUT2D eigenvalue weighted by atomic mass is 10.3. The summed E-state index contributed by atoms with van der Waals surface area (Å²) in [6.45, 7) is 3.58. The van der Waals surface area contributed by atoms with Crippen molar-refractivity contribution in [3.63, 3.8) is 0 Å². The standard InChI is InChI=1S/C12H10N4O3S/c1-6-3-9(15-19-6)14-10(17)8-4-13-12-16(11(8)18)5-7(2)20-12/h3-5H,1-2H3,(H,14,15,17). The minimum atomic E-state index is -0.561. The Labute approximate surface area is 116 Å². The smallest absolute Gasteiger partial charge is 0.271 e. The van der Waals surface area contributed by atoms with Gasteiger partial charge in [-0.3, -0.25) is 14.0 Å². The Morgan fingerprint density at radius 3 is 2.95 bits per heavy atom. The Balaban J connectivity index is 1.99. The van der Waals surface area contributed by atoms with Gasteiger partial charge >= 0.3 is 0 Å². The zero-order valence-corrected chi connectivity index (χ0v) is 11.5. The van der Waals surface area contributed by atoms with Crippen LogP contribution in [-0.2, 0) is 0 Å². The number of nitrogens with zero attached hydrogens (tertiary/aromatic N) is 3. The number of rotatable bonds is 2. The molecule has 0 saturated carbocycles. The SMILES string of the molecule is Cc1cc(NC(=O)c2cnc3sc(C)cn3c2=O)no1. The highest BCUT2D eigenvalue weighted by Crippen LogP contribution is 2.13. The van der Waals surface area contributed by atoms with Crippen molar-refractivity contribution in [3.8, 4) is 0 Å². The number of amides is 1. The minimum absolute atomic E-state index is 0.0408. The molecule has 0 aromatic carbocycles. The van der Waals surface area contributed by atoms with Crippen molar-refractivity contribution in [2.75, 3.05) is 5.32 Å². The molecule has 0 fully saturated rings. The number of hydrogen-bond acceptors (Lipinski definition) is 6. The molecule has 0 radical (unpaired) electrons.